The highest BCUT2D eigenvalue weighted by Gasteiger charge is 2.15. The summed E-state index contributed by atoms with van der Waals surface area (Å²) in [4.78, 5) is 0. The number of phenolic OH excluding ortho intramolecular Hbond substituents is 1. The summed E-state index contributed by atoms with van der Waals surface area (Å²) in [6.07, 6.45) is 7.41. The Morgan fingerprint density at radius 2 is 1.94 bits per heavy atom. The van der Waals surface area contributed by atoms with Gasteiger partial charge in [-0.25, -0.2) is 0 Å². The molecule has 0 aliphatic heterocycles. The molecule has 0 saturated heterocycles. The second-order valence-electron chi connectivity index (χ2n) is 5.77. The smallest absolute Gasteiger partial charge is 0.123 e. The highest BCUT2D eigenvalue weighted by atomic mass is 16.5. The van der Waals surface area contributed by atoms with Crippen molar-refractivity contribution >= 4 is 0 Å². The van der Waals surface area contributed by atoms with Gasteiger partial charge < -0.3 is 9.84 Å². The largest absolute Gasteiger partial charge is 0.508 e. The van der Waals surface area contributed by atoms with Crippen LogP contribution >= 0.6 is 0 Å². The van der Waals surface area contributed by atoms with Gasteiger partial charge in [-0.05, 0) is 49.7 Å². The van der Waals surface area contributed by atoms with E-state index in [1.165, 1.54) is 19.3 Å². The first-order valence-corrected chi connectivity index (χ1v) is 7.13. The van der Waals surface area contributed by atoms with Gasteiger partial charge in [-0.2, -0.15) is 0 Å². The third kappa shape index (κ3) is 3.66. The van der Waals surface area contributed by atoms with Crippen molar-refractivity contribution in [3.63, 3.8) is 0 Å². The third-order valence-electron chi connectivity index (χ3n) is 3.54. The number of benzene rings is 1. The lowest BCUT2D eigenvalue weighted by Gasteiger charge is -2.23. The van der Waals surface area contributed by atoms with E-state index in [9.17, 15) is 5.11 Å². The van der Waals surface area contributed by atoms with Crippen LogP contribution in [0.25, 0.3) is 0 Å². The first kappa shape index (κ1) is 13.3. The monoisotopic (exact) mass is 248 g/mol. The lowest BCUT2D eigenvalue weighted by molar-refractivity contribution is 0.154. The second-order valence-corrected chi connectivity index (χ2v) is 5.77. The van der Waals surface area contributed by atoms with Crippen molar-refractivity contribution in [3.8, 4) is 11.5 Å². The van der Waals surface area contributed by atoms with Crippen molar-refractivity contribution in [2.45, 2.75) is 58.5 Å². The summed E-state index contributed by atoms with van der Waals surface area (Å²) in [5.74, 6) is 1.74. The quantitative estimate of drug-likeness (QED) is 0.860. The van der Waals surface area contributed by atoms with E-state index in [-0.39, 0.29) is 0 Å². The van der Waals surface area contributed by atoms with Gasteiger partial charge in [0.15, 0.2) is 0 Å². The Morgan fingerprint density at radius 3 is 2.56 bits per heavy atom. The van der Waals surface area contributed by atoms with Crippen molar-refractivity contribution < 1.29 is 9.84 Å². The molecule has 0 amide bonds. The topological polar surface area (TPSA) is 29.5 Å². The van der Waals surface area contributed by atoms with Crippen molar-refractivity contribution in [1.29, 1.82) is 0 Å². The van der Waals surface area contributed by atoms with Crippen LogP contribution in [0, 0.1) is 5.92 Å². The van der Waals surface area contributed by atoms with E-state index in [4.69, 9.17) is 4.74 Å². The zero-order valence-corrected chi connectivity index (χ0v) is 11.5. The van der Waals surface area contributed by atoms with Gasteiger partial charge in [0.1, 0.15) is 11.5 Å². The molecule has 0 aromatic heterocycles. The van der Waals surface area contributed by atoms with Crippen LogP contribution in [-0.2, 0) is 6.42 Å². The summed E-state index contributed by atoms with van der Waals surface area (Å²) in [6.45, 7) is 4.32. The number of hydrogen-bond donors (Lipinski definition) is 1. The molecule has 0 radical (unpaired) electrons. The fourth-order valence-electron chi connectivity index (χ4n) is 2.60. The SMILES string of the molecule is CC(C)Cc1ccc(OC2CCCCC2)cc1O. The molecular formula is C16H24O2. The summed E-state index contributed by atoms with van der Waals surface area (Å²) in [5.41, 5.74) is 1.01. The van der Waals surface area contributed by atoms with E-state index in [1.54, 1.807) is 6.07 Å². The molecule has 0 atom stereocenters. The molecule has 2 nitrogen and oxygen atoms in total. The molecule has 1 aromatic carbocycles. The Bertz CT molecular complexity index is 379. The minimum Gasteiger partial charge on any atom is -0.508 e. The molecular weight excluding hydrogens is 224 g/mol. The van der Waals surface area contributed by atoms with Crippen LogP contribution < -0.4 is 4.74 Å². The fraction of sp³-hybridized carbons (Fsp3) is 0.625. The van der Waals surface area contributed by atoms with Gasteiger partial charge in [-0.15, -0.1) is 0 Å². The lowest BCUT2D eigenvalue weighted by Crippen LogP contribution is -2.19. The second kappa shape index (κ2) is 6.12. The molecule has 0 bridgehead atoms. The maximum atomic E-state index is 9.99. The van der Waals surface area contributed by atoms with Crippen molar-refractivity contribution in [2.24, 2.45) is 5.92 Å². The molecule has 1 aliphatic rings. The van der Waals surface area contributed by atoms with Crippen LogP contribution in [-0.4, -0.2) is 11.2 Å². The summed E-state index contributed by atoms with van der Waals surface area (Å²) >= 11 is 0. The molecule has 18 heavy (non-hydrogen) atoms. The molecule has 100 valence electrons. The van der Waals surface area contributed by atoms with E-state index >= 15 is 0 Å². The lowest BCUT2D eigenvalue weighted by atomic mass is 9.97. The Labute approximate surface area is 110 Å². The van der Waals surface area contributed by atoms with Crippen LogP contribution in [0.4, 0.5) is 0 Å². The molecule has 1 aliphatic carbocycles. The minimum absolute atomic E-state index is 0.342. The molecule has 1 fully saturated rings. The fourth-order valence-corrected chi connectivity index (χ4v) is 2.60. The maximum Gasteiger partial charge on any atom is 0.123 e. The van der Waals surface area contributed by atoms with Crippen LogP contribution in [0.3, 0.4) is 0 Å². The summed E-state index contributed by atoms with van der Waals surface area (Å²) in [6, 6.07) is 5.76. The first-order chi connectivity index (χ1) is 8.65. The standard InChI is InChI=1S/C16H24O2/c1-12(2)10-13-8-9-15(11-16(13)17)18-14-6-4-3-5-7-14/h8-9,11-12,14,17H,3-7,10H2,1-2H3. The Hall–Kier alpha value is -1.18. The predicted molar refractivity (Wildman–Crippen MR) is 74.1 cm³/mol. The maximum absolute atomic E-state index is 9.99. The van der Waals surface area contributed by atoms with Gasteiger partial charge in [0, 0.05) is 6.07 Å². The molecule has 0 unspecified atom stereocenters. The molecule has 2 rings (SSSR count). The minimum atomic E-state index is 0.342. The number of ether oxygens (including phenoxy) is 1. The molecule has 2 heteroatoms. The van der Waals surface area contributed by atoms with Crippen LogP contribution in [0.5, 0.6) is 11.5 Å². The van der Waals surface area contributed by atoms with Crippen LogP contribution in [0.15, 0.2) is 18.2 Å². The number of rotatable bonds is 4. The highest BCUT2D eigenvalue weighted by Crippen LogP contribution is 2.28. The number of phenols is 1. The van der Waals surface area contributed by atoms with Crippen molar-refractivity contribution in [1.82, 2.24) is 0 Å². The predicted octanol–water partition coefficient (Wildman–Crippen LogP) is 4.30. The first-order valence-electron chi connectivity index (χ1n) is 7.13. The highest BCUT2D eigenvalue weighted by molar-refractivity contribution is 5.40. The number of hydrogen-bond acceptors (Lipinski definition) is 2. The summed E-state index contributed by atoms with van der Waals surface area (Å²) in [7, 11) is 0. The van der Waals surface area contributed by atoms with E-state index in [1.807, 2.05) is 12.1 Å². The van der Waals surface area contributed by atoms with Crippen molar-refractivity contribution in [2.75, 3.05) is 0 Å². The normalized spacial score (nSPS) is 17.1. The molecule has 0 heterocycles. The molecule has 1 N–H and O–H groups in total. The van der Waals surface area contributed by atoms with E-state index in [0.29, 0.717) is 17.8 Å². The summed E-state index contributed by atoms with van der Waals surface area (Å²) in [5, 5.41) is 9.99. The Kier molecular flexibility index (Phi) is 4.51. The van der Waals surface area contributed by atoms with Crippen LogP contribution in [0.2, 0.25) is 0 Å². The zero-order valence-electron chi connectivity index (χ0n) is 11.5. The molecule has 1 saturated carbocycles. The zero-order chi connectivity index (χ0) is 13.0. The van der Waals surface area contributed by atoms with E-state index in [2.05, 4.69) is 13.8 Å². The van der Waals surface area contributed by atoms with E-state index in [0.717, 1.165) is 30.6 Å². The Morgan fingerprint density at radius 1 is 1.22 bits per heavy atom. The van der Waals surface area contributed by atoms with Crippen molar-refractivity contribution in [3.05, 3.63) is 23.8 Å². The van der Waals surface area contributed by atoms with Gasteiger partial charge in [-0.3, -0.25) is 0 Å². The van der Waals surface area contributed by atoms with Gasteiger partial charge in [-0.1, -0.05) is 26.3 Å². The van der Waals surface area contributed by atoms with Gasteiger partial charge in [0.25, 0.3) is 0 Å². The average Bonchev–Trinajstić information content (AvgIpc) is 2.33. The van der Waals surface area contributed by atoms with Gasteiger partial charge in [0.2, 0.25) is 0 Å². The van der Waals surface area contributed by atoms with Gasteiger partial charge >= 0.3 is 0 Å². The molecule has 0 spiro atoms. The van der Waals surface area contributed by atoms with E-state index < -0.39 is 0 Å². The number of aromatic hydroxyl groups is 1. The molecule has 1 aromatic rings. The summed E-state index contributed by atoms with van der Waals surface area (Å²) < 4.78 is 5.94. The third-order valence-corrected chi connectivity index (χ3v) is 3.54. The Balaban J connectivity index is 1.99. The van der Waals surface area contributed by atoms with Gasteiger partial charge in [0.05, 0.1) is 6.10 Å². The van der Waals surface area contributed by atoms with Crippen LogP contribution in [0.1, 0.15) is 51.5 Å². The average molecular weight is 248 g/mol.